The number of rotatable bonds is 10. The monoisotopic (exact) mass is 282 g/mol. The number of nitrogens with one attached hydrogen (secondary N) is 1. The predicted octanol–water partition coefficient (Wildman–Crippen LogP) is 1.46. The first-order valence-electron chi connectivity index (χ1n) is 7.03. The van der Waals surface area contributed by atoms with Gasteiger partial charge in [-0.1, -0.05) is 0 Å². The molecule has 1 atom stereocenters. The smallest absolute Gasteiger partial charge is 0.123 e. The van der Waals surface area contributed by atoms with Crippen molar-refractivity contribution in [2.24, 2.45) is 5.73 Å². The Balaban J connectivity index is 2.67. The highest BCUT2D eigenvalue weighted by Gasteiger charge is 2.15. The lowest BCUT2D eigenvalue weighted by molar-refractivity contribution is 0.282. The maximum Gasteiger partial charge on any atom is 0.123 e. The van der Waals surface area contributed by atoms with Crippen molar-refractivity contribution in [3.05, 3.63) is 23.8 Å². The third kappa shape index (κ3) is 5.00. The Morgan fingerprint density at radius 1 is 1.20 bits per heavy atom. The molecule has 0 spiro atoms. The standard InChI is InChI=1S/C15H26N2O3/c1-19-12-6-7-15(20-2)13(10-12)14(11-16)17-8-4-3-5-9-18/h6-7,10,14,17-18H,3-5,8-9,11,16H2,1-2H3. The molecule has 0 radical (unpaired) electrons. The Hall–Kier alpha value is -1.30. The van der Waals surface area contributed by atoms with Gasteiger partial charge in [-0.3, -0.25) is 0 Å². The number of benzene rings is 1. The zero-order valence-electron chi connectivity index (χ0n) is 12.4. The molecule has 1 aromatic rings. The van der Waals surface area contributed by atoms with E-state index in [1.165, 1.54) is 0 Å². The van der Waals surface area contributed by atoms with Crippen LogP contribution < -0.4 is 20.5 Å². The Bertz CT molecular complexity index is 385. The minimum Gasteiger partial charge on any atom is -0.497 e. The average Bonchev–Trinajstić information content (AvgIpc) is 2.50. The van der Waals surface area contributed by atoms with E-state index < -0.39 is 0 Å². The summed E-state index contributed by atoms with van der Waals surface area (Å²) in [6.07, 6.45) is 2.87. The topological polar surface area (TPSA) is 76.7 Å². The van der Waals surface area contributed by atoms with Gasteiger partial charge in [-0.25, -0.2) is 0 Å². The number of methoxy groups -OCH3 is 2. The summed E-state index contributed by atoms with van der Waals surface area (Å²) in [5.41, 5.74) is 6.87. The number of hydrogen-bond donors (Lipinski definition) is 3. The van der Waals surface area contributed by atoms with E-state index >= 15 is 0 Å². The van der Waals surface area contributed by atoms with Crippen LogP contribution in [0.2, 0.25) is 0 Å². The highest BCUT2D eigenvalue weighted by molar-refractivity contribution is 5.42. The Labute approximate surface area is 121 Å². The van der Waals surface area contributed by atoms with E-state index in [-0.39, 0.29) is 12.6 Å². The fourth-order valence-electron chi connectivity index (χ4n) is 2.12. The zero-order chi connectivity index (χ0) is 14.8. The van der Waals surface area contributed by atoms with Crippen LogP contribution in [0.15, 0.2) is 18.2 Å². The minimum atomic E-state index is 0.0363. The van der Waals surface area contributed by atoms with Crippen LogP contribution in [0, 0.1) is 0 Å². The molecule has 0 bridgehead atoms. The third-order valence-electron chi connectivity index (χ3n) is 3.27. The van der Waals surface area contributed by atoms with Gasteiger partial charge < -0.3 is 25.6 Å². The Morgan fingerprint density at radius 2 is 2.00 bits per heavy atom. The molecule has 1 aromatic carbocycles. The lowest BCUT2D eigenvalue weighted by atomic mass is 10.0. The molecule has 0 saturated heterocycles. The summed E-state index contributed by atoms with van der Waals surface area (Å²) in [6, 6.07) is 5.76. The maximum atomic E-state index is 8.75. The molecule has 0 aromatic heterocycles. The van der Waals surface area contributed by atoms with Gasteiger partial charge in [0.2, 0.25) is 0 Å². The third-order valence-corrected chi connectivity index (χ3v) is 3.27. The first-order valence-corrected chi connectivity index (χ1v) is 7.03. The van der Waals surface area contributed by atoms with Crippen molar-refractivity contribution in [1.82, 2.24) is 5.32 Å². The highest BCUT2D eigenvalue weighted by Crippen LogP contribution is 2.28. The number of aliphatic hydroxyl groups is 1. The van der Waals surface area contributed by atoms with E-state index in [0.29, 0.717) is 6.54 Å². The molecule has 1 rings (SSSR count). The second-order valence-electron chi connectivity index (χ2n) is 4.63. The number of ether oxygens (including phenoxy) is 2. The zero-order valence-corrected chi connectivity index (χ0v) is 12.4. The van der Waals surface area contributed by atoms with E-state index in [0.717, 1.165) is 42.9 Å². The van der Waals surface area contributed by atoms with Gasteiger partial charge in [0.15, 0.2) is 0 Å². The molecule has 1 unspecified atom stereocenters. The van der Waals surface area contributed by atoms with Gasteiger partial charge in [-0.05, 0) is 44.0 Å². The maximum absolute atomic E-state index is 8.75. The first kappa shape index (κ1) is 16.8. The van der Waals surface area contributed by atoms with Gasteiger partial charge >= 0.3 is 0 Å². The van der Waals surface area contributed by atoms with Crippen LogP contribution >= 0.6 is 0 Å². The molecule has 0 heterocycles. The van der Waals surface area contributed by atoms with Crippen LogP contribution in [0.1, 0.15) is 30.9 Å². The quantitative estimate of drug-likeness (QED) is 0.566. The molecular weight excluding hydrogens is 256 g/mol. The van der Waals surface area contributed by atoms with Gasteiger partial charge in [0.1, 0.15) is 11.5 Å². The van der Waals surface area contributed by atoms with Crippen LogP contribution in [0.4, 0.5) is 0 Å². The fourth-order valence-corrected chi connectivity index (χ4v) is 2.12. The number of unbranched alkanes of at least 4 members (excludes halogenated alkanes) is 2. The van der Waals surface area contributed by atoms with Gasteiger partial charge in [0.05, 0.1) is 14.2 Å². The highest BCUT2D eigenvalue weighted by atomic mass is 16.5. The molecule has 0 saturated carbocycles. The Kier molecular flexibility index (Phi) is 8.02. The lowest BCUT2D eigenvalue weighted by Gasteiger charge is -2.20. The summed E-state index contributed by atoms with van der Waals surface area (Å²) in [5.74, 6) is 1.60. The molecule has 4 N–H and O–H groups in total. The molecule has 0 aliphatic heterocycles. The van der Waals surface area contributed by atoms with E-state index in [1.807, 2.05) is 18.2 Å². The van der Waals surface area contributed by atoms with E-state index in [2.05, 4.69) is 5.32 Å². The SMILES string of the molecule is COc1ccc(OC)c(C(CN)NCCCCCO)c1. The molecule has 114 valence electrons. The Morgan fingerprint density at radius 3 is 2.60 bits per heavy atom. The first-order chi connectivity index (χ1) is 9.76. The van der Waals surface area contributed by atoms with Crippen molar-refractivity contribution in [2.45, 2.75) is 25.3 Å². The molecule has 0 aliphatic carbocycles. The molecule has 20 heavy (non-hydrogen) atoms. The largest absolute Gasteiger partial charge is 0.497 e. The van der Waals surface area contributed by atoms with Crippen LogP contribution in [0.3, 0.4) is 0 Å². The van der Waals surface area contributed by atoms with Gasteiger partial charge in [0, 0.05) is 24.8 Å². The van der Waals surface area contributed by atoms with Gasteiger partial charge in [0.25, 0.3) is 0 Å². The van der Waals surface area contributed by atoms with Crippen molar-refractivity contribution in [1.29, 1.82) is 0 Å². The van der Waals surface area contributed by atoms with Crippen molar-refractivity contribution < 1.29 is 14.6 Å². The predicted molar refractivity (Wildman–Crippen MR) is 80.3 cm³/mol. The summed E-state index contributed by atoms with van der Waals surface area (Å²) in [6.45, 7) is 1.61. The van der Waals surface area contributed by atoms with Crippen LogP contribution in [-0.2, 0) is 0 Å². The summed E-state index contributed by atoms with van der Waals surface area (Å²) >= 11 is 0. The molecule has 0 amide bonds. The van der Waals surface area contributed by atoms with E-state index in [9.17, 15) is 0 Å². The molecular formula is C15H26N2O3. The van der Waals surface area contributed by atoms with Crippen molar-refractivity contribution >= 4 is 0 Å². The normalized spacial score (nSPS) is 12.2. The number of aliphatic hydroxyl groups excluding tert-OH is 1. The number of hydrogen-bond acceptors (Lipinski definition) is 5. The minimum absolute atomic E-state index is 0.0363. The van der Waals surface area contributed by atoms with Gasteiger partial charge in [-0.15, -0.1) is 0 Å². The summed E-state index contributed by atoms with van der Waals surface area (Å²) in [7, 11) is 3.30. The molecule has 5 heteroatoms. The van der Waals surface area contributed by atoms with Crippen LogP contribution in [0.25, 0.3) is 0 Å². The molecule has 5 nitrogen and oxygen atoms in total. The summed E-state index contributed by atoms with van der Waals surface area (Å²) in [4.78, 5) is 0. The van der Waals surface area contributed by atoms with E-state index in [1.54, 1.807) is 14.2 Å². The van der Waals surface area contributed by atoms with Crippen LogP contribution in [-0.4, -0.2) is 39.0 Å². The number of nitrogens with two attached hydrogens (primary N) is 1. The van der Waals surface area contributed by atoms with Crippen molar-refractivity contribution in [2.75, 3.05) is 33.9 Å². The fraction of sp³-hybridized carbons (Fsp3) is 0.600. The molecule has 0 fully saturated rings. The second-order valence-corrected chi connectivity index (χ2v) is 4.63. The lowest BCUT2D eigenvalue weighted by Crippen LogP contribution is -2.29. The average molecular weight is 282 g/mol. The second kappa shape index (κ2) is 9.58. The summed E-state index contributed by atoms with van der Waals surface area (Å²) in [5, 5.41) is 12.2. The van der Waals surface area contributed by atoms with Crippen molar-refractivity contribution in [3.63, 3.8) is 0 Å². The van der Waals surface area contributed by atoms with E-state index in [4.69, 9.17) is 20.3 Å². The van der Waals surface area contributed by atoms with Crippen LogP contribution in [0.5, 0.6) is 11.5 Å². The summed E-state index contributed by atoms with van der Waals surface area (Å²) < 4.78 is 10.6. The van der Waals surface area contributed by atoms with Gasteiger partial charge in [-0.2, -0.15) is 0 Å². The van der Waals surface area contributed by atoms with Crippen molar-refractivity contribution in [3.8, 4) is 11.5 Å². The molecule has 0 aliphatic rings.